The predicted molar refractivity (Wildman–Crippen MR) is 74.2 cm³/mol. The van der Waals surface area contributed by atoms with Crippen LogP contribution in [-0.4, -0.2) is 21.9 Å². The lowest BCUT2D eigenvalue weighted by atomic mass is 10.3. The first kappa shape index (κ1) is 14.6. The molecule has 0 bridgehead atoms. The lowest BCUT2D eigenvalue weighted by Crippen LogP contribution is -2.03. The second-order valence-electron chi connectivity index (χ2n) is 4.27. The van der Waals surface area contributed by atoms with Crippen LogP contribution in [-0.2, 0) is 0 Å². The SMILES string of the molecule is CNc1nc(C)nc(Oc2ccc([N+](=O)[O-])cc2F)c1C. The number of aryl methyl sites for hydroxylation is 1. The van der Waals surface area contributed by atoms with Crippen LogP contribution in [0, 0.1) is 29.8 Å². The van der Waals surface area contributed by atoms with Crippen molar-refractivity contribution in [2.45, 2.75) is 13.8 Å². The van der Waals surface area contributed by atoms with E-state index in [-0.39, 0.29) is 17.3 Å². The third-order valence-electron chi connectivity index (χ3n) is 2.78. The number of hydrogen-bond donors (Lipinski definition) is 1. The Balaban J connectivity index is 2.39. The molecule has 1 N–H and O–H groups in total. The standard InChI is InChI=1S/C13H13FN4O3/c1-7-12(15-3)16-8(2)17-13(7)21-11-5-4-9(18(19)20)6-10(11)14/h4-6H,1-3H3,(H,15,16,17). The van der Waals surface area contributed by atoms with E-state index in [2.05, 4.69) is 15.3 Å². The van der Waals surface area contributed by atoms with E-state index in [4.69, 9.17) is 4.74 Å². The van der Waals surface area contributed by atoms with E-state index in [0.717, 1.165) is 6.07 Å². The van der Waals surface area contributed by atoms with Gasteiger partial charge in [-0.1, -0.05) is 0 Å². The average molecular weight is 292 g/mol. The first-order chi connectivity index (χ1) is 9.92. The van der Waals surface area contributed by atoms with Gasteiger partial charge in [-0.05, 0) is 19.9 Å². The van der Waals surface area contributed by atoms with Crippen LogP contribution in [0.4, 0.5) is 15.9 Å². The molecule has 0 aliphatic heterocycles. The van der Waals surface area contributed by atoms with E-state index >= 15 is 0 Å². The summed E-state index contributed by atoms with van der Waals surface area (Å²) >= 11 is 0. The second kappa shape index (κ2) is 5.70. The Morgan fingerprint density at radius 3 is 2.62 bits per heavy atom. The van der Waals surface area contributed by atoms with Gasteiger partial charge in [0.15, 0.2) is 11.6 Å². The number of nitro benzene ring substituents is 1. The number of non-ortho nitro benzene ring substituents is 1. The average Bonchev–Trinajstić information content (AvgIpc) is 2.44. The van der Waals surface area contributed by atoms with Crippen molar-refractivity contribution < 1.29 is 14.1 Å². The number of rotatable bonds is 4. The van der Waals surface area contributed by atoms with E-state index < -0.39 is 10.7 Å². The monoisotopic (exact) mass is 292 g/mol. The lowest BCUT2D eigenvalue weighted by Gasteiger charge is -2.12. The fraction of sp³-hybridized carbons (Fsp3) is 0.231. The Morgan fingerprint density at radius 2 is 2.05 bits per heavy atom. The zero-order valence-corrected chi connectivity index (χ0v) is 11.7. The highest BCUT2D eigenvalue weighted by Gasteiger charge is 2.15. The van der Waals surface area contributed by atoms with Crippen LogP contribution in [0.5, 0.6) is 11.6 Å². The Kier molecular flexibility index (Phi) is 3.97. The molecule has 1 aromatic carbocycles. The Hall–Kier alpha value is -2.77. The maximum atomic E-state index is 13.8. The van der Waals surface area contributed by atoms with Gasteiger partial charge in [0.2, 0.25) is 5.88 Å². The normalized spacial score (nSPS) is 10.3. The van der Waals surface area contributed by atoms with Crippen LogP contribution in [0.25, 0.3) is 0 Å². The van der Waals surface area contributed by atoms with Gasteiger partial charge in [-0.25, -0.2) is 9.37 Å². The maximum absolute atomic E-state index is 13.8. The first-order valence-corrected chi connectivity index (χ1v) is 6.07. The number of aromatic nitrogens is 2. The van der Waals surface area contributed by atoms with Gasteiger partial charge in [0.1, 0.15) is 11.6 Å². The Morgan fingerprint density at radius 1 is 1.33 bits per heavy atom. The second-order valence-corrected chi connectivity index (χ2v) is 4.27. The molecule has 0 saturated carbocycles. The molecule has 21 heavy (non-hydrogen) atoms. The molecule has 2 rings (SSSR count). The van der Waals surface area contributed by atoms with Gasteiger partial charge in [0.25, 0.3) is 5.69 Å². The van der Waals surface area contributed by atoms with Gasteiger partial charge in [0.05, 0.1) is 16.6 Å². The van der Waals surface area contributed by atoms with Crippen molar-refractivity contribution in [3.05, 3.63) is 45.5 Å². The largest absolute Gasteiger partial charge is 0.435 e. The molecular formula is C13H13FN4O3. The van der Waals surface area contributed by atoms with E-state index in [1.165, 1.54) is 12.1 Å². The molecule has 0 saturated heterocycles. The van der Waals surface area contributed by atoms with Crippen LogP contribution < -0.4 is 10.1 Å². The van der Waals surface area contributed by atoms with Crippen LogP contribution >= 0.6 is 0 Å². The third-order valence-corrected chi connectivity index (χ3v) is 2.78. The first-order valence-electron chi connectivity index (χ1n) is 6.07. The summed E-state index contributed by atoms with van der Waals surface area (Å²) in [6, 6.07) is 3.17. The van der Waals surface area contributed by atoms with Gasteiger partial charge in [-0.3, -0.25) is 10.1 Å². The highest BCUT2D eigenvalue weighted by molar-refractivity contribution is 5.49. The molecule has 1 heterocycles. The molecule has 0 radical (unpaired) electrons. The Bertz CT molecular complexity index is 706. The summed E-state index contributed by atoms with van der Waals surface area (Å²) in [6.45, 7) is 3.41. The summed E-state index contributed by atoms with van der Waals surface area (Å²) in [5, 5.41) is 13.5. The highest BCUT2D eigenvalue weighted by Crippen LogP contribution is 2.30. The molecule has 1 aromatic heterocycles. The predicted octanol–water partition coefficient (Wildman–Crippen LogP) is 2.97. The van der Waals surface area contributed by atoms with Gasteiger partial charge < -0.3 is 10.1 Å². The molecule has 0 amide bonds. The van der Waals surface area contributed by atoms with Gasteiger partial charge in [-0.2, -0.15) is 4.98 Å². The minimum Gasteiger partial charge on any atom is -0.435 e. The summed E-state index contributed by atoms with van der Waals surface area (Å²) < 4.78 is 19.2. The van der Waals surface area contributed by atoms with Gasteiger partial charge in [0, 0.05) is 13.1 Å². The Labute approximate surface area is 120 Å². The fourth-order valence-electron chi connectivity index (χ4n) is 1.74. The lowest BCUT2D eigenvalue weighted by molar-refractivity contribution is -0.385. The summed E-state index contributed by atoms with van der Waals surface area (Å²) in [5.74, 6) is 0.261. The van der Waals surface area contributed by atoms with E-state index in [1.807, 2.05) is 0 Å². The van der Waals surface area contributed by atoms with E-state index in [0.29, 0.717) is 17.2 Å². The van der Waals surface area contributed by atoms with E-state index in [9.17, 15) is 14.5 Å². The molecule has 0 unspecified atom stereocenters. The fourth-order valence-corrected chi connectivity index (χ4v) is 1.74. The summed E-state index contributed by atoms with van der Waals surface area (Å²) in [5.41, 5.74) is 0.271. The number of anilines is 1. The molecule has 110 valence electrons. The van der Waals surface area contributed by atoms with Crippen molar-refractivity contribution in [2.24, 2.45) is 0 Å². The molecule has 0 aliphatic carbocycles. The summed E-state index contributed by atoms with van der Waals surface area (Å²) in [6.07, 6.45) is 0. The minimum atomic E-state index is -0.828. The number of nitrogens with zero attached hydrogens (tertiary/aromatic N) is 3. The molecule has 7 nitrogen and oxygen atoms in total. The quantitative estimate of drug-likeness (QED) is 0.688. The molecule has 0 fully saturated rings. The van der Waals surface area contributed by atoms with Crippen LogP contribution in [0.15, 0.2) is 18.2 Å². The number of nitro groups is 1. The number of nitrogens with one attached hydrogen (secondary N) is 1. The maximum Gasteiger partial charge on any atom is 0.272 e. The van der Waals surface area contributed by atoms with Gasteiger partial charge in [-0.15, -0.1) is 0 Å². The number of hydrogen-bond acceptors (Lipinski definition) is 6. The van der Waals surface area contributed by atoms with E-state index in [1.54, 1.807) is 20.9 Å². The smallest absolute Gasteiger partial charge is 0.272 e. The number of benzene rings is 1. The molecule has 8 heteroatoms. The minimum absolute atomic E-state index is 0.135. The molecule has 0 atom stereocenters. The summed E-state index contributed by atoms with van der Waals surface area (Å²) in [4.78, 5) is 18.2. The molecular weight excluding hydrogens is 279 g/mol. The zero-order chi connectivity index (χ0) is 15.6. The highest BCUT2D eigenvalue weighted by atomic mass is 19.1. The van der Waals surface area contributed by atoms with Gasteiger partial charge >= 0.3 is 0 Å². The molecule has 0 aliphatic rings. The van der Waals surface area contributed by atoms with Crippen molar-refractivity contribution in [3.8, 4) is 11.6 Å². The van der Waals surface area contributed by atoms with Crippen molar-refractivity contribution in [2.75, 3.05) is 12.4 Å². The molecule has 2 aromatic rings. The van der Waals surface area contributed by atoms with Crippen molar-refractivity contribution in [1.29, 1.82) is 0 Å². The van der Waals surface area contributed by atoms with Crippen molar-refractivity contribution in [3.63, 3.8) is 0 Å². The summed E-state index contributed by atoms with van der Waals surface area (Å²) in [7, 11) is 1.70. The zero-order valence-electron chi connectivity index (χ0n) is 11.7. The third kappa shape index (κ3) is 3.04. The van der Waals surface area contributed by atoms with Crippen molar-refractivity contribution in [1.82, 2.24) is 9.97 Å². The van der Waals surface area contributed by atoms with Crippen LogP contribution in [0.1, 0.15) is 11.4 Å². The topological polar surface area (TPSA) is 90.2 Å². The number of ether oxygens (including phenoxy) is 1. The van der Waals surface area contributed by atoms with Crippen LogP contribution in [0.3, 0.4) is 0 Å². The van der Waals surface area contributed by atoms with Crippen LogP contribution in [0.2, 0.25) is 0 Å². The molecule has 0 spiro atoms. The van der Waals surface area contributed by atoms with Crippen molar-refractivity contribution >= 4 is 11.5 Å². The number of halogens is 1.